The molecule has 0 aromatic carbocycles. The zero-order valence-electron chi connectivity index (χ0n) is 8.99. The average Bonchev–Trinajstić information content (AvgIpc) is 2.75. The maximum atomic E-state index is 5.08. The summed E-state index contributed by atoms with van der Waals surface area (Å²) in [5, 5.41) is 3.65. The van der Waals surface area contributed by atoms with Crippen molar-refractivity contribution in [2.24, 2.45) is 5.92 Å². The van der Waals surface area contributed by atoms with Crippen LogP contribution in [-0.2, 0) is 0 Å². The van der Waals surface area contributed by atoms with Gasteiger partial charge in [0.1, 0.15) is 0 Å². The molecule has 1 saturated carbocycles. The van der Waals surface area contributed by atoms with Crippen molar-refractivity contribution in [3.63, 3.8) is 0 Å². The first-order valence-electron chi connectivity index (χ1n) is 5.54. The van der Waals surface area contributed by atoms with E-state index in [0.717, 1.165) is 5.92 Å². The molecular formula is C12H19NO. The fraction of sp³-hybridized carbons (Fsp3) is 0.667. The minimum atomic E-state index is 0.420. The molecule has 1 N–H and O–H groups in total. The van der Waals surface area contributed by atoms with Gasteiger partial charge in [0, 0.05) is 17.6 Å². The highest BCUT2D eigenvalue weighted by Gasteiger charge is 2.22. The molecule has 0 aliphatic heterocycles. The summed E-state index contributed by atoms with van der Waals surface area (Å²) in [6, 6.07) is 3.16. The minimum Gasteiger partial charge on any atom is -0.472 e. The van der Waals surface area contributed by atoms with Crippen LogP contribution in [0.1, 0.15) is 44.7 Å². The summed E-state index contributed by atoms with van der Waals surface area (Å²) in [5.74, 6) is 0.893. The molecule has 1 heterocycles. The van der Waals surface area contributed by atoms with Crippen LogP contribution in [-0.4, -0.2) is 6.04 Å². The Morgan fingerprint density at radius 3 is 2.93 bits per heavy atom. The highest BCUT2D eigenvalue weighted by molar-refractivity contribution is 5.10. The molecule has 3 atom stereocenters. The van der Waals surface area contributed by atoms with Crippen LogP contribution < -0.4 is 5.32 Å². The average molecular weight is 193 g/mol. The summed E-state index contributed by atoms with van der Waals surface area (Å²) in [6.07, 6.45) is 7.59. The number of furan rings is 1. The maximum Gasteiger partial charge on any atom is 0.0950 e. The van der Waals surface area contributed by atoms with Gasteiger partial charge in [0.25, 0.3) is 0 Å². The van der Waals surface area contributed by atoms with E-state index in [4.69, 9.17) is 4.42 Å². The third-order valence-corrected chi connectivity index (χ3v) is 3.22. The van der Waals surface area contributed by atoms with E-state index in [1.165, 1.54) is 24.8 Å². The van der Waals surface area contributed by atoms with E-state index in [1.54, 1.807) is 6.26 Å². The number of hydrogen-bond donors (Lipinski definition) is 1. The Kier molecular flexibility index (Phi) is 2.92. The summed E-state index contributed by atoms with van der Waals surface area (Å²) in [5.41, 5.74) is 1.25. The number of nitrogens with one attached hydrogen (secondary N) is 1. The molecule has 0 spiro atoms. The first-order valence-corrected chi connectivity index (χ1v) is 5.54. The highest BCUT2D eigenvalue weighted by Crippen LogP contribution is 2.26. The normalized spacial score (nSPS) is 29.3. The number of rotatable bonds is 3. The zero-order chi connectivity index (χ0) is 9.97. The molecule has 14 heavy (non-hydrogen) atoms. The van der Waals surface area contributed by atoms with Gasteiger partial charge < -0.3 is 9.73 Å². The van der Waals surface area contributed by atoms with Crippen LogP contribution in [0.3, 0.4) is 0 Å². The van der Waals surface area contributed by atoms with Crippen LogP contribution in [0.5, 0.6) is 0 Å². The van der Waals surface area contributed by atoms with Gasteiger partial charge in [-0.25, -0.2) is 0 Å². The van der Waals surface area contributed by atoms with Crippen molar-refractivity contribution in [3.8, 4) is 0 Å². The van der Waals surface area contributed by atoms with Crippen molar-refractivity contribution >= 4 is 0 Å². The molecule has 0 saturated heterocycles. The van der Waals surface area contributed by atoms with E-state index in [0.29, 0.717) is 12.1 Å². The highest BCUT2D eigenvalue weighted by atomic mass is 16.3. The SMILES string of the molecule is CC1CCC(NC(C)c2ccoc2)C1. The van der Waals surface area contributed by atoms with Gasteiger partial charge in [0.05, 0.1) is 12.5 Å². The first kappa shape index (κ1) is 9.78. The van der Waals surface area contributed by atoms with E-state index in [1.807, 2.05) is 12.3 Å². The quantitative estimate of drug-likeness (QED) is 0.798. The Bertz CT molecular complexity index is 268. The lowest BCUT2D eigenvalue weighted by molar-refractivity contribution is 0.445. The fourth-order valence-electron chi connectivity index (χ4n) is 2.33. The maximum absolute atomic E-state index is 5.08. The van der Waals surface area contributed by atoms with Crippen LogP contribution in [0.2, 0.25) is 0 Å². The summed E-state index contributed by atoms with van der Waals surface area (Å²) >= 11 is 0. The van der Waals surface area contributed by atoms with Gasteiger partial charge in [0.15, 0.2) is 0 Å². The smallest absolute Gasteiger partial charge is 0.0950 e. The van der Waals surface area contributed by atoms with E-state index < -0.39 is 0 Å². The van der Waals surface area contributed by atoms with Crippen molar-refractivity contribution in [3.05, 3.63) is 24.2 Å². The molecule has 3 unspecified atom stereocenters. The third kappa shape index (κ3) is 2.18. The Morgan fingerprint density at radius 2 is 2.36 bits per heavy atom. The molecule has 0 amide bonds. The van der Waals surface area contributed by atoms with Crippen molar-refractivity contribution in [2.75, 3.05) is 0 Å². The van der Waals surface area contributed by atoms with Crippen molar-refractivity contribution in [2.45, 2.75) is 45.2 Å². The van der Waals surface area contributed by atoms with Gasteiger partial charge in [-0.15, -0.1) is 0 Å². The Morgan fingerprint density at radius 1 is 1.50 bits per heavy atom. The molecule has 1 aromatic heterocycles. The summed E-state index contributed by atoms with van der Waals surface area (Å²) in [6.45, 7) is 4.54. The molecule has 1 aliphatic rings. The molecule has 1 aliphatic carbocycles. The Labute approximate surface area is 85.7 Å². The molecular weight excluding hydrogens is 174 g/mol. The van der Waals surface area contributed by atoms with Gasteiger partial charge in [-0.2, -0.15) is 0 Å². The second-order valence-electron chi connectivity index (χ2n) is 4.56. The monoisotopic (exact) mass is 193 g/mol. The van der Waals surface area contributed by atoms with E-state index in [9.17, 15) is 0 Å². The minimum absolute atomic E-state index is 0.420. The topological polar surface area (TPSA) is 25.2 Å². The van der Waals surface area contributed by atoms with Crippen LogP contribution in [0.4, 0.5) is 0 Å². The van der Waals surface area contributed by atoms with Crippen molar-refractivity contribution < 1.29 is 4.42 Å². The lowest BCUT2D eigenvalue weighted by Gasteiger charge is -2.18. The second-order valence-corrected chi connectivity index (χ2v) is 4.56. The van der Waals surface area contributed by atoms with Crippen LogP contribution in [0, 0.1) is 5.92 Å². The molecule has 2 rings (SSSR count). The Balaban J connectivity index is 1.86. The van der Waals surface area contributed by atoms with Gasteiger partial charge in [-0.3, -0.25) is 0 Å². The standard InChI is InChI=1S/C12H19NO/c1-9-3-4-12(7-9)13-10(2)11-5-6-14-8-11/h5-6,8-10,12-13H,3-4,7H2,1-2H3. The Hall–Kier alpha value is -0.760. The summed E-state index contributed by atoms with van der Waals surface area (Å²) < 4.78 is 5.08. The fourth-order valence-corrected chi connectivity index (χ4v) is 2.33. The number of hydrogen-bond acceptors (Lipinski definition) is 2. The molecule has 1 fully saturated rings. The lowest BCUT2D eigenvalue weighted by Crippen LogP contribution is -2.28. The predicted molar refractivity (Wildman–Crippen MR) is 57.1 cm³/mol. The third-order valence-electron chi connectivity index (χ3n) is 3.22. The van der Waals surface area contributed by atoms with Gasteiger partial charge in [-0.05, 0) is 38.2 Å². The second kappa shape index (κ2) is 4.18. The molecule has 2 heteroatoms. The zero-order valence-corrected chi connectivity index (χ0v) is 8.99. The van der Waals surface area contributed by atoms with Crippen LogP contribution >= 0.6 is 0 Å². The van der Waals surface area contributed by atoms with Gasteiger partial charge >= 0.3 is 0 Å². The van der Waals surface area contributed by atoms with Crippen molar-refractivity contribution in [1.82, 2.24) is 5.32 Å². The molecule has 1 aromatic rings. The van der Waals surface area contributed by atoms with Crippen molar-refractivity contribution in [1.29, 1.82) is 0 Å². The molecule has 0 radical (unpaired) electrons. The van der Waals surface area contributed by atoms with E-state index >= 15 is 0 Å². The van der Waals surface area contributed by atoms with E-state index in [2.05, 4.69) is 19.2 Å². The molecule has 0 bridgehead atoms. The predicted octanol–water partition coefficient (Wildman–Crippen LogP) is 3.12. The lowest BCUT2D eigenvalue weighted by atomic mass is 10.1. The van der Waals surface area contributed by atoms with E-state index in [-0.39, 0.29) is 0 Å². The largest absolute Gasteiger partial charge is 0.472 e. The van der Waals surface area contributed by atoms with Crippen LogP contribution in [0.15, 0.2) is 23.0 Å². The summed E-state index contributed by atoms with van der Waals surface area (Å²) in [7, 11) is 0. The molecule has 78 valence electrons. The van der Waals surface area contributed by atoms with Crippen LogP contribution in [0.25, 0.3) is 0 Å². The molecule has 2 nitrogen and oxygen atoms in total. The first-order chi connectivity index (χ1) is 6.75. The summed E-state index contributed by atoms with van der Waals surface area (Å²) in [4.78, 5) is 0. The van der Waals surface area contributed by atoms with Gasteiger partial charge in [-0.1, -0.05) is 6.92 Å². The van der Waals surface area contributed by atoms with Gasteiger partial charge in [0.2, 0.25) is 0 Å².